The van der Waals surface area contributed by atoms with Crippen LogP contribution in [0.2, 0.25) is 0 Å². The topological polar surface area (TPSA) is 29.3 Å². The molecule has 0 aromatic rings. The van der Waals surface area contributed by atoms with Gasteiger partial charge in [-0.05, 0) is 56.9 Å². The van der Waals surface area contributed by atoms with Crippen LogP contribution in [0.15, 0.2) is 0 Å². The Morgan fingerprint density at radius 1 is 1.17 bits per heavy atom. The Morgan fingerprint density at radius 2 is 2.00 bits per heavy atom. The maximum absolute atomic E-state index is 6.38. The van der Waals surface area contributed by atoms with Crippen molar-refractivity contribution in [2.45, 2.75) is 77.3 Å². The van der Waals surface area contributed by atoms with Crippen molar-refractivity contribution >= 4 is 0 Å². The Kier molecular flexibility index (Phi) is 5.50. The largest absolute Gasteiger partial charge is 0.327 e. The molecule has 2 rings (SSSR count). The van der Waals surface area contributed by atoms with E-state index in [4.69, 9.17) is 5.73 Å². The van der Waals surface area contributed by atoms with Gasteiger partial charge >= 0.3 is 0 Å². The molecule has 2 N–H and O–H groups in total. The second-order valence-corrected chi connectivity index (χ2v) is 6.59. The van der Waals surface area contributed by atoms with Gasteiger partial charge in [-0.1, -0.05) is 26.7 Å². The predicted octanol–water partition coefficient (Wildman–Crippen LogP) is 3.40. The first-order valence-electron chi connectivity index (χ1n) is 8.24. The highest BCUT2D eigenvalue weighted by Crippen LogP contribution is 2.33. The summed E-state index contributed by atoms with van der Waals surface area (Å²) in [7, 11) is 0. The van der Waals surface area contributed by atoms with Crippen molar-refractivity contribution in [3.63, 3.8) is 0 Å². The molecule has 18 heavy (non-hydrogen) atoms. The normalized spacial score (nSPS) is 38.2. The standard InChI is InChI=1S/C16H32N2/c1-3-6-13-8-9-16(17)14(11-13)12-18-10-5-7-15(18)4-2/h13-16H,3-12,17H2,1-2H3. The van der Waals surface area contributed by atoms with E-state index in [1.807, 2.05) is 0 Å². The number of nitrogens with zero attached hydrogens (tertiary/aromatic N) is 1. The van der Waals surface area contributed by atoms with Crippen molar-refractivity contribution in [1.29, 1.82) is 0 Å². The van der Waals surface area contributed by atoms with Crippen molar-refractivity contribution in [2.24, 2.45) is 17.6 Å². The van der Waals surface area contributed by atoms with Crippen LogP contribution in [0.4, 0.5) is 0 Å². The first kappa shape index (κ1) is 14.3. The van der Waals surface area contributed by atoms with Crippen LogP contribution in [0.5, 0.6) is 0 Å². The van der Waals surface area contributed by atoms with Crippen LogP contribution >= 0.6 is 0 Å². The number of rotatable bonds is 5. The highest BCUT2D eigenvalue weighted by atomic mass is 15.2. The molecule has 2 fully saturated rings. The van der Waals surface area contributed by atoms with Crippen LogP contribution in [0.3, 0.4) is 0 Å². The van der Waals surface area contributed by atoms with Crippen molar-refractivity contribution < 1.29 is 0 Å². The number of hydrogen-bond acceptors (Lipinski definition) is 2. The second-order valence-electron chi connectivity index (χ2n) is 6.59. The number of likely N-dealkylation sites (tertiary alicyclic amines) is 1. The van der Waals surface area contributed by atoms with Gasteiger partial charge in [0.15, 0.2) is 0 Å². The van der Waals surface area contributed by atoms with Gasteiger partial charge in [-0.15, -0.1) is 0 Å². The minimum atomic E-state index is 0.469. The second kappa shape index (κ2) is 6.91. The molecule has 2 nitrogen and oxygen atoms in total. The lowest BCUT2D eigenvalue weighted by atomic mass is 9.76. The summed E-state index contributed by atoms with van der Waals surface area (Å²) in [6, 6.07) is 1.32. The average Bonchev–Trinajstić information content (AvgIpc) is 2.81. The Labute approximate surface area is 113 Å². The van der Waals surface area contributed by atoms with Crippen molar-refractivity contribution in [3.8, 4) is 0 Å². The van der Waals surface area contributed by atoms with E-state index in [1.54, 1.807) is 0 Å². The molecule has 0 aromatic carbocycles. The molecule has 1 aliphatic heterocycles. The molecule has 4 atom stereocenters. The third-order valence-electron chi connectivity index (χ3n) is 5.29. The monoisotopic (exact) mass is 252 g/mol. The zero-order valence-corrected chi connectivity index (χ0v) is 12.4. The van der Waals surface area contributed by atoms with Crippen LogP contribution in [0.25, 0.3) is 0 Å². The van der Waals surface area contributed by atoms with E-state index in [-0.39, 0.29) is 0 Å². The maximum Gasteiger partial charge on any atom is 0.00932 e. The zero-order valence-electron chi connectivity index (χ0n) is 12.4. The van der Waals surface area contributed by atoms with Gasteiger partial charge in [0.25, 0.3) is 0 Å². The lowest BCUT2D eigenvalue weighted by Gasteiger charge is -2.37. The van der Waals surface area contributed by atoms with Gasteiger partial charge < -0.3 is 10.6 Å². The van der Waals surface area contributed by atoms with Crippen LogP contribution in [0, 0.1) is 11.8 Å². The molecular formula is C16H32N2. The predicted molar refractivity (Wildman–Crippen MR) is 78.6 cm³/mol. The van der Waals surface area contributed by atoms with Crippen molar-refractivity contribution in [1.82, 2.24) is 4.90 Å². The highest BCUT2D eigenvalue weighted by molar-refractivity contribution is 4.87. The van der Waals surface area contributed by atoms with Gasteiger partial charge in [-0.3, -0.25) is 0 Å². The summed E-state index contributed by atoms with van der Waals surface area (Å²) < 4.78 is 0. The van der Waals surface area contributed by atoms with Crippen molar-refractivity contribution in [2.75, 3.05) is 13.1 Å². The van der Waals surface area contributed by atoms with E-state index in [0.717, 1.165) is 17.9 Å². The fraction of sp³-hybridized carbons (Fsp3) is 1.00. The molecule has 1 heterocycles. The van der Waals surface area contributed by atoms with Gasteiger partial charge in [0.2, 0.25) is 0 Å². The molecule has 2 aliphatic rings. The molecule has 2 heteroatoms. The van der Waals surface area contributed by atoms with E-state index in [2.05, 4.69) is 18.7 Å². The Balaban J connectivity index is 1.86. The highest BCUT2D eigenvalue weighted by Gasteiger charge is 2.32. The van der Waals surface area contributed by atoms with Crippen LogP contribution in [-0.2, 0) is 0 Å². The van der Waals surface area contributed by atoms with Crippen LogP contribution in [-0.4, -0.2) is 30.1 Å². The van der Waals surface area contributed by atoms with E-state index < -0.39 is 0 Å². The van der Waals surface area contributed by atoms with E-state index >= 15 is 0 Å². The molecule has 4 unspecified atom stereocenters. The number of nitrogens with two attached hydrogens (primary N) is 1. The van der Waals surface area contributed by atoms with E-state index in [0.29, 0.717) is 6.04 Å². The fourth-order valence-corrected chi connectivity index (χ4v) is 4.16. The van der Waals surface area contributed by atoms with E-state index in [9.17, 15) is 0 Å². The SMILES string of the molecule is CCCC1CCC(N)C(CN2CCCC2CC)C1. The molecule has 0 spiro atoms. The summed E-state index contributed by atoms with van der Waals surface area (Å²) in [5.74, 6) is 1.73. The quantitative estimate of drug-likeness (QED) is 0.812. The van der Waals surface area contributed by atoms with Crippen molar-refractivity contribution in [3.05, 3.63) is 0 Å². The zero-order chi connectivity index (χ0) is 13.0. The molecule has 1 saturated carbocycles. The smallest absolute Gasteiger partial charge is 0.00932 e. The average molecular weight is 252 g/mol. The molecule has 0 bridgehead atoms. The fourth-order valence-electron chi connectivity index (χ4n) is 4.16. The van der Waals surface area contributed by atoms with E-state index in [1.165, 1.54) is 64.5 Å². The molecule has 1 saturated heterocycles. The van der Waals surface area contributed by atoms with Gasteiger partial charge in [0.1, 0.15) is 0 Å². The third kappa shape index (κ3) is 3.48. The van der Waals surface area contributed by atoms with Gasteiger partial charge in [0, 0.05) is 18.6 Å². The first-order chi connectivity index (χ1) is 8.74. The van der Waals surface area contributed by atoms with Crippen LogP contribution in [0.1, 0.15) is 65.2 Å². The lowest BCUT2D eigenvalue weighted by Crippen LogP contribution is -2.44. The minimum absolute atomic E-state index is 0.469. The molecule has 1 aliphatic carbocycles. The first-order valence-corrected chi connectivity index (χ1v) is 8.24. The summed E-state index contributed by atoms with van der Waals surface area (Å²) in [6.45, 7) is 7.25. The summed E-state index contributed by atoms with van der Waals surface area (Å²) in [6.07, 6.45) is 10.9. The summed E-state index contributed by atoms with van der Waals surface area (Å²) in [5.41, 5.74) is 6.38. The molecule has 0 amide bonds. The number of hydrogen-bond donors (Lipinski definition) is 1. The Hall–Kier alpha value is -0.0800. The molecular weight excluding hydrogens is 220 g/mol. The van der Waals surface area contributed by atoms with Gasteiger partial charge in [-0.2, -0.15) is 0 Å². The van der Waals surface area contributed by atoms with Crippen LogP contribution < -0.4 is 5.73 Å². The molecule has 0 radical (unpaired) electrons. The van der Waals surface area contributed by atoms with Gasteiger partial charge in [0.05, 0.1) is 0 Å². The molecule has 106 valence electrons. The minimum Gasteiger partial charge on any atom is -0.327 e. The Bertz CT molecular complexity index is 241. The Morgan fingerprint density at radius 3 is 2.72 bits per heavy atom. The lowest BCUT2D eigenvalue weighted by molar-refractivity contribution is 0.142. The summed E-state index contributed by atoms with van der Waals surface area (Å²) in [4.78, 5) is 2.73. The third-order valence-corrected chi connectivity index (χ3v) is 5.29. The van der Waals surface area contributed by atoms with Gasteiger partial charge in [-0.25, -0.2) is 0 Å². The maximum atomic E-state index is 6.38. The summed E-state index contributed by atoms with van der Waals surface area (Å²) in [5, 5.41) is 0. The summed E-state index contributed by atoms with van der Waals surface area (Å²) >= 11 is 0. The molecule has 0 aromatic heterocycles.